The third-order valence-corrected chi connectivity index (χ3v) is 2.96. The Balaban J connectivity index is 2.50. The Kier molecular flexibility index (Phi) is 7.50. The summed E-state index contributed by atoms with van der Waals surface area (Å²) in [5.41, 5.74) is 0.929. The molecule has 0 aromatic heterocycles. The van der Waals surface area contributed by atoms with E-state index in [-0.39, 0.29) is 12.3 Å². The van der Waals surface area contributed by atoms with Crippen LogP contribution in [-0.4, -0.2) is 44.0 Å². The third-order valence-electron chi connectivity index (χ3n) is 2.96. The van der Waals surface area contributed by atoms with Gasteiger partial charge >= 0.3 is 6.18 Å². The number of methoxy groups -OCH3 is 1. The first-order chi connectivity index (χ1) is 10.9. The van der Waals surface area contributed by atoms with Crippen LogP contribution >= 0.6 is 0 Å². The van der Waals surface area contributed by atoms with Crippen LogP contribution in [-0.2, 0) is 6.42 Å². The molecule has 0 atom stereocenters. The van der Waals surface area contributed by atoms with Gasteiger partial charge in [0.2, 0.25) is 0 Å². The van der Waals surface area contributed by atoms with E-state index in [2.05, 4.69) is 15.6 Å². The Morgan fingerprint density at radius 2 is 2.04 bits per heavy atom. The van der Waals surface area contributed by atoms with Crippen molar-refractivity contribution in [2.24, 2.45) is 4.99 Å². The van der Waals surface area contributed by atoms with Crippen molar-refractivity contribution in [3.63, 3.8) is 0 Å². The highest BCUT2D eigenvalue weighted by atomic mass is 19.4. The fourth-order valence-corrected chi connectivity index (χ4v) is 1.84. The zero-order chi connectivity index (χ0) is 17.3. The van der Waals surface area contributed by atoms with E-state index in [4.69, 9.17) is 4.74 Å². The van der Waals surface area contributed by atoms with Crippen molar-refractivity contribution in [2.45, 2.75) is 25.9 Å². The summed E-state index contributed by atoms with van der Waals surface area (Å²) in [5.74, 6) is 0.794. The number of hydrogen-bond donors (Lipinski definition) is 3. The van der Waals surface area contributed by atoms with Gasteiger partial charge in [-0.15, -0.1) is 0 Å². The van der Waals surface area contributed by atoms with Gasteiger partial charge in [-0.1, -0.05) is 6.07 Å². The van der Waals surface area contributed by atoms with Gasteiger partial charge in [-0.3, -0.25) is 4.99 Å². The van der Waals surface area contributed by atoms with Gasteiger partial charge in [-0.2, -0.15) is 13.2 Å². The molecule has 0 radical (unpaired) electrons. The van der Waals surface area contributed by atoms with E-state index >= 15 is 0 Å². The second-order valence-electron chi connectivity index (χ2n) is 4.81. The van der Waals surface area contributed by atoms with Gasteiger partial charge in [0, 0.05) is 13.1 Å². The molecule has 0 saturated heterocycles. The molecule has 0 unspecified atom stereocenters. The number of guanidine groups is 1. The van der Waals surface area contributed by atoms with Crippen molar-refractivity contribution in [2.75, 3.05) is 26.7 Å². The van der Waals surface area contributed by atoms with Gasteiger partial charge in [0.25, 0.3) is 0 Å². The van der Waals surface area contributed by atoms with Crippen LogP contribution in [0.25, 0.3) is 0 Å². The number of alkyl halides is 3. The quantitative estimate of drug-likeness (QED) is 0.530. The van der Waals surface area contributed by atoms with E-state index in [0.29, 0.717) is 31.2 Å². The number of nitrogens with one attached hydrogen (secondary N) is 2. The molecular formula is C15H22F3N3O2. The number of aromatic hydroxyl groups is 1. The van der Waals surface area contributed by atoms with Crippen molar-refractivity contribution < 1.29 is 23.0 Å². The molecule has 0 aliphatic carbocycles. The van der Waals surface area contributed by atoms with E-state index in [0.717, 1.165) is 5.56 Å². The van der Waals surface area contributed by atoms with Crippen molar-refractivity contribution in [3.8, 4) is 11.5 Å². The Morgan fingerprint density at radius 3 is 2.65 bits per heavy atom. The largest absolute Gasteiger partial charge is 0.504 e. The number of aliphatic imine (C=N–C) groups is 1. The molecule has 0 heterocycles. The standard InChI is InChI=1S/C15H22F3N3O2/c1-3-19-14(21-9-7-15(16,17)18)20-8-6-11-4-5-12(22)13(10-11)23-2/h4-5,10,22H,3,6-9H2,1-2H3,(H2,19,20,21). The van der Waals surface area contributed by atoms with E-state index in [1.165, 1.54) is 13.2 Å². The summed E-state index contributed by atoms with van der Waals surface area (Å²) in [6.07, 6.45) is -4.54. The predicted octanol–water partition coefficient (Wildman–Crippen LogP) is 2.45. The molecule has 0 bridgehead atoms. The lowest BCUT2D eigenvalue weighted by Crippen LogP contribution is -2.38. The molecule has 8 heteroatoms. The number of hydrogen-bond acceptors (Lipinski definition) is 3. The van der Waals surface area contributed by atoms with Gasteiger partial charge in [-0.25, -0.2) is 0 Å². The summed E-state index contributed by atoms with van der Waals surface area (Å²) in [4.78, 5) is 3.89. The normalized spacial score (nSPS) is 12.1. The average molecular weight is 333 g/mol. The minimum Gasteiger partial charge on any atom is -0.504 e. The Morgan fingerprint density at radius 1 is 1.30 bits per heavy atom. The predicted molar refractivity (Wildman–Crippen MR) is 83.0 cm³/mol. The van der Waals surface area contributed by atoms with Gasteiger partial charge in [0.05, 0.1) is 20.1 Å². The molecule has 0 aliphatic heterocycles. The molecule has 5 nitrogen and oxygen atoms in total. The highest BCUT2D eigenvalue weighted by molar-refractivity contribution is 5.79. The van der Waals surface area contributed by atoms with E-state index in [1.807, 2.05) is 6.92 Å². The maximum Gasteiger partial charge on any atom is 0.390 e. The molecule has 1 aromatic carbocycles. The van der Waals surface area contributed by atoms with Crippen LogP contribution in [0.3, 0.4) is 0 Å². The van der Waals surface area contributed by atoms with Crippen molar-refractivity contribution in [3.05, 3.63) is 23.8 Å². The lowest BCUT2D eigenvalue weighted by atomic mass is 10.1. The number of ether oxygens (including phenoxy) is 1. The van der Waals surface area contributed by atoms with Crippen LogP contribution in [0, 0.1) is 0 Å². The van der Waals surface area contributed by atoms with Crippen molar-refractivity contribution in [1.82, 2.24) is 10.6 Å². The summed E-state index contributed by atoms with van der Waals surface area (Å²) >= 11 is 0. The number of phenolic OH excluding ortho intramolecular Hbond substituents is 1. The van der Waals surface area contributed by atoms with Crippen LogP contribution in [0.5, 0.6) is 11.5 Å². The molecule has 0 fully saturated rings. The van der Waals surface area contributed by atoms with Crippen LogP contribution in [0.15, 0.2) is 23.2 Å². The van der Waals surface area contributed by atoms with Crippen LogP contribution < -0.4 is 15.4 Å². The fraction of sp³-hybridized carbons (Fsp3) is 0.533. The summed E-state index contributed by atoms with van der Waals surface area (Å²) in [5, 5.41) is 15.4. The molecule has 1 aromatic rings. The second kappa shape index (κ2) is 9.12. The van der Waals surface area contributed by atoms with E-state index in [9.17, 15) is 18.3 Å². The van der Waals surface area contributed by atoms with Gasteiger partial charge in [0.15, 0.2) is 17.5 Å². The maximum atomic E-state index is 12.1. The van der Waals surface area contributed by atoms with Gasteiger partial charge < -0.3 is 20.5 Å². The fourth-order valence-electron chi connectivity index (χ4n) is 1.84. The summed E-state index contributed by atoms with van der Waals surface area (Å²) < 4.78 is 41.4. The Bertz CT molecular complexity index is 519. The summed E-state index contributed by atoms with van der Waals surface area (Å²) in [7, 11) is 1.47. The second-order valence-corrected chi connectivity index (χ2v) is 4.81. The molecule has 0 aliphatic rings. The van der Waals surface area contributed by atoms with Crippen molar-refractivity contribution in [1.29, 1.82) is 0 Å². The molecule has 0 amide bonds. The summed E-state index contributed by atoms with van der Waals surface area (Å²) in [6.45, 7) is 2.58. The third kappa shape index (κ3) is 7.62. The number of phenols is 1. The minimum atomic E-state index is -4.20. The SMILES string of the molecule is CCNC(=NCCC(F)(F)F)NCCc1ccc(O)c(OC)c1. The first-order valence-corrected chi connectivity index (χ1v) is 7.30. The van der Waals surface area contributed by atoms with Crippen LogP contribution in [0.1, 0.15) is 18.9 Å². The molecule has 3 N–H and O–H groups in total. The number of benzene rings is 1. The smallest absolute Gasteiger partial charge is 0.390 e. The molecule has 23 heavy (non-hydrogen) atoms. The lowest BCUT2D eigenvalue weighted by molar-refractivity contribution is -0.132. The zero-order valence-corrected chi connectivity index (χ0v) is 13.2. The first kappa shape index (κ1) is 18.9. The maximum absolute atomic E-state index is 12.1. The monoisotopic (exact) mass is 333 g/mol. The van der Waals surface area contributed by atoms with Crippen LogP contribution in [0.4, 0.5) is 13.2 Å². The average Bonchev–Trinajstić information content (AvgIpc) is 2.47. The van der Waals surface area contributed by atoms with E-state index in [1.54, 1.807) is 12.1 Å². The molecular weight excluding hydrogens is 311 g/mol. The Labute approximate surface area is 133 Å². The minimum absolute atomic E-state index is 0.0614. The van der Waals surface area contributed by atoms with E-state index < -0.39 is 12.6 Å². The van der Waals surface area contributed by atoms with Crippen LogP contribution in [0.2, 0.25) is 0 Å². The first-order valence-electron chi connectivity index (χ1n) is 7.30. The zero-order valence-electron chi connectivity index (χ0n) is 13.2. The number of halogens is 3. The van der Waals surface area contributed by atoms with Crippen molar-refractivity contribution >= 4 is 5.96 Å². The Hall–Kier alpha value is -2.12. The molecule has 1 rings (SSSR count). The van der Waals surface area contributed by atoms with Gasteiger partial charge in [0.1, 0.15) is 0 Å². The summed E-state index contributed by atoms with van der Waals surface area (Å²) in [6, 6.07) is 5.01. The van der Waals surface area contributed by atoms with Gasteiger partial charge in [-0.05, 0) is 31.0 Å². The highest BCUT2D eigenvalue weighted by Crippen LogP contribution is 2.26. The number of nitrogens with zero attached hydrogens (tertiary/aromatic N) is 1. The topological polar surface area (TPSA) is 65.9 Å². The lowest BCUT2D eigenvalue weighted by Gasteiger charge is -2.12. The number of rotatable bonds is 7. The molecule has 0 spiro atoms. The molecule has 0 saturated carbocycles. The molecule has 130 valence electrons. The highest BCUT2D eigenvalue weighted by Gasteiger charge is 2.26.